The molecule has 26 heavy (non-hydrogen) atoms. The molecular weight excluding hydrogens is 322 g/mol. The molecule has 0 saturated carbocycles. The maximum atomic E-state index is 4.79. The Morgan fingerprint density at radius 3 is 2.50 bits per heavy atom. The summed E-state index contributed by atoms with van der Waals surface area (Å²) in [5.74, 6) is 1.60. The third kappa shape index (κ3) is 4.79. The summed E-state index contributed by atoms with van der Waals surface area (Å²) in [5.41, 5.74) is 3.29. The van der Waals surface area contributed by atoms with Gasteiger partial charge >= 0.3 is 0 Å². The van der Waals surface area contributed by atoms with E-state index >= 15 is 0 Å². The number of anilines is 2. The second kappa shape index (κ2) is 8.94. The van der Waals surface area contributed by atoms with E-state index in [-0.39, 0.29) is 0 Å². The standard InChI is InChI=1S/C21H25N5/c1-3-12-23-20-16-19(18-7-5-4-6-8-18)24-21(25-20)26(2)15-11-17-9-13-22-14-10-17/h4-10,13-14,16H,3,11-12,15H2,1-2H3,(H,23,24,25). The molecule has 0 fully saturated rings. The van der Waals surface area contributed by atoms with E-state index in [2.05, 4.69) is 34.3 Å². The van der Waals surface area contributed by atoms with Crippen LogP contribution in [0.2, 0.25) is 0 Å². The van der Waals surface area contributed by atoms with E-state index in [4.69, 9.17) is 9.97 Å². The molecule has 0 aliphatic heterocycles. The van der Waals surface area contributed by atoms with Crippen LogP contribution >= 0.6 is 0 Å². The molecule has 0 aliphatic carbocycles. The smallest absolute Gasteiger partial charge is 0.227 e. The van der Waals surface area contributed by atoms with Gasteiger partial charge in [0.1, 0.15) is 5.82 Å². The van der Waals surface area contributed by atoms with Gasteiger partial charge in [0.25, 0.3) is 0 Å². The largest absolute Gasteiger partial charge is 0.370 e. The van der Waals surface area contributed by atoms with Gasteiger partial charge in [-0.05, 0) is 30.5 Å². The molecule has 0 bridgehead atoms. The molecule has 3 rings (SSSR count). The number of pyridine rings is 1. The third-order valence-corrected chi connectivity index (χ3v) is 4.17. The van der Waals surface area contributed by atoms with Crippen molar-refractivity contribution in [3.05, 3.63) is 66.5 Å². The van der Waals surface area contributed by atoms with Gasteiger partial charge in [0, 0.05) is 44.2 Å². The number of hydrogen-bond donors (Lipinski definition) is 1. The number of aromatic nitrogens is 3. The first-order valence-corrected chi connectivity index (χ1v) is 9.04. The van der Waals surface area contributed by atoms with Crippen molar-refractivity contribution < 1.29 is 0 Å². The lowest BCUT2D eigenvalue weighted by Gasteiger charge is -2.19. The molecule has 0 unspecified atom stereocenters. The van der Waals surface area contributed by atoms with Crippen molar-refractivity contribution >= 4 is 11.8 Å². The Labute approximate surface area is 155 Å². The Kier molecular flexibility index (Phi) is 6.14. The van der Waals surface area contributed by atoms with Crippen molar-refractivity contribution in [2.24, 2.45) is 0 Å². The Morgan fingerprint density at radius 1 is 1.00 bits per heavy atom. The van der Waals surface area contributed by atoms with Gasteiger partial charge in [-0.15, -0.1) is 0 Å². The van der Waals surface area contributed by atoms with Gasteiger partial charge in [0.2, 0.25) is 5.95 Å². The molecule has 1 N–H and O–H groups in total. The quantitative estimate of drug-likeness (QED) is 0.666. The Balaban J connectivity index is 1.82. The number of nitrogens with one attached hydrogen (secondary N) is 1. The van der Waals surface area contributed by atoms with Crippen molar-refractivity contribution in [3.63, 3.8) is 0 Å². The highest BCUT2D eigenvalue weighted by Gasteiger charge is 2.10. The van der Waals surface area contributed by atoms with Gasteiger partial charge in [-0.25, -0.2) is 4.98 Å². The maximum Gasteiger partial charge on any atom is 0.227 e. The fraction of sp³-hybridized carbons (Fsp3) is 0.286. The van der Waals surface area contributed by atoms with E-state index in [9.17, 15) is 0 Å². The van der Waals surface area contributed by atoms with E-state index in [1.165, 1.54) is 5.56 Å². The van der Waals surface area contributed by atoms with Crippen LogP contribution in [0.1, 0.15) is 18.9 Å². The average molecular weight is 347 g/mol. The van der Waals surface area contributed by atoms with Gasteiger partial charge in [-0.3, -0.25) is 4.98 Å². The second-order valence-corrected chi connectivity index (χ2v) is 6.26. The van der Waals surface area contributed by atoms with Crippen molar-refractivity contribution in [3.8, 4) is 11.3 Å². The van der Waals surface area contributed by atoms with Crippen LogP contribution in [0.25, 0.3) is 11.3 Å². The van der Waals surface area contributed by atoms with E-state index < -0.39 is 0 Å². The minimum absolute atomic E-state index is 0.735. The zero-order valence-electron chi connectivity index (χ0n) is 15.4. The first-order valence-electron chi connectivity index (χ1n) is 9.04. The van der Waals surface area contributed by atoms with Gasteiger partial charge < -0.3 is 10.2 Å². The monoisotopic (exact) mass is 347 g/mol. The fourth-order valence-corrected chi connectivity index (χ4v) is 2.65. The maximum absolute atomic E-state index is 4.79. The summed E-state index contributed by atoms with van der Waals surface area (Å²) in [5, 5.41) is 3.39. The van der Waals surface area contributed by atoms with Gasteiger partial charge in [-0.2, -0.15) is 4.98 Å². The molecular formula is C21H25N5. The minimum atomic E-state index is 0.735. The highest BCUT2D eigenvalue weighted by Crippen LogP contribution is 2.22. The lowest BCUT2D eigenvalue weighted by Crippen LogP contribution is -2.23. The molecule has 3 aromatic rings. The van der Waals surface area contributed by atoms with Gasteiger partial charge in [0.05, 0.1) is 5.69 Å². The fourth-order valence-electron chi connectivity index (χ4n) is 2.65. The van der Waals surface area contributed by atoms with E-state index in [1.807, 2.05) is 55.8 Å². The number of likely N-dealkylation sites (N-methyl/N-ethyl adjacent to an activating group) is 1. The summed E-state index contributed by atoms with van der Waals surface area (Å²) >= 11 is 0. The molecule has 134 valence electrons. The Morgan fingerprint density at radius 2 is 1.77 bits per heavy atom. The summed E-state index contributed by atoms with van der Waals surface area (Å²) in [6, 6.07) is 16.3. The Bertz CT molecular complexity index is 805. The van der Waals surface area contributed by atoms with E-state index in [0.717, 1.165) is 49.0 Å². The molecule has 0 saturated heterocycles. The molecule has 0 aliphatic rings. The molecule has 1 aromatic carbocycles. The second-order valence-electron chi connectivity index (χ2n) is 6.26. The van der Waals surface area contributed by atoms with Crippen LogP contribution < -0.4 is 10.2 Å². The molecule has 5 nitrogen and oxygen atoms in total. The zero-order valence-corrected chi connectivity index (χ0v) is 15.4. The summed E-state index contributed by atoms with van der Waals surface area (Å²) in [7, 11) is 2.04. The predicted octanol–water partition coefficient (Wildman–Crippen LogP) is 4.04. The highest BCUT2D eigenvalue weighted by atomic mass is 15.2. The number of nitrogens with zero attached hydrogens (tertiary/aromatic N) is 4. The van der Waals surface area contributed by atoms with Crippen LogP contribution in [0.4, 0.5) is 11.8 Å². The van der Waals surface area contributed by atoms with Crippen LogP contribution in [-0.2, 0) is 6.42 Å². The molecule has 5 heteroatoms. The lowest BCUT2D eigenvalue weighted by atomic mass is 10.1. The lowest BCUT2D eigenvalue weighted by molar-refractivity contribution is 0.836. The summed E-state index contributed by atoms with van der Waals surface area (Å²) in [6.07, 6.45) is 5.64. The Hall–Kier alpha value is -2.95. The summed E-state index contributed by atoms with van der Waals surface area (Å²) in [6.45, 7) is 3.88. The van der Waals surface area contributed by atoms with Crippen LogP contribution in [0.15, 0.2) is 60.9 Å². The number of benzene rings is 1. The van der Waals surface area contributed by atoms with Crippen molar-refractivity contribution in [2.75, 3.05) is 30.4 Å². The van der Waals surface area contributed by atoms with Crippen molar-refractivity contribution in [1.29, 1.82) is 0 Å². The SMILES string of the molecule is CCCNc1cc(-c2ccccc2)nc(N(C)CCc2ccncc2)n1. The van der Waals surface area contributed by atoms with Crippen molar-refractivity contribution in [1.82, 2.24) is 15.0 Å². The molecule has 0 radical (unpaired) electrons. The summed E-state index contributed by atoms with van der Waals surface area (Å²) in [4.78, 5) is 15.7. The molecule has 2 aromatic heterocycles. The normalized spacial score (nSPS) is 10.5. The topological polar surface area (TPSA) is 53.9 Å². The van der Waals surface area contributed by atoms with Crippen LogP contribution in [-0.4, -0.2) is 35.1 Å². The van der Waals surface area contributed by atoms with Crippen LogP contribution in [0.5, 0.6) is 0 Å². The summed E-state index contributed by atoms with van der Waals surface area (Å²) < 4.78 is 0. The van der Waals surface area contributed by atoms with Crippen molar-refractivity contribution in [2.45, 2.75) is 19.8 Å². The minimum Gasteiger partial charge on any atom is -0.370 e. The number of rotatable bonds is 8. The van der Waals surface area contributed by atoms with Crippen LogP contribution in [0, 0.1) is 0 Å². The molecule has 0 spiro atoms. The highest BCUT2D eigenvalue weighted by molar-refractivity contribution is 5.64. The van der Waals surface area contributed by atoms with E-state index in [0.29, 0.717) is 0 Å². The van der Waals surface area contributed by atoms with Gasteiger partial charge in [-0.1, -0.05) is 37.3 Å². The third-order valence-electron chi connectivity index (χ3n) is 4.17. The first kappa shape index (κ1) is 17.9. The van der Waals surface area contributed by atoms with Gasteiger partial charge in [0.15, 0.2) is 0 Å². The first-order chi connectivity index (χ1) is 12.8. The predicted molar refractivity (Wildman–Crippen MR) is 107 cm³/mol. The number of hydrogen-bond acceptors (Lipinski definition) is 5. The van der Waals surface area contributed by atoms with Crippen LogP contribution in [0.3, 0.4) is 0 Å². The molecule has 0 atom stereocenters. The zero-order chi connectivity index (χ0) is 18.2. The molecule has 0 amide bonds. The average Bonchev–Trinajstić information content (AvgIpc) is 2.71. The van der Waals surface area contributed by atoms with E-state index in [1.54, 1.807) is 0 Å². The molecule has 2 heterocycles.